The van der Waals surface area contributed by atoms with Crippen LogP contribution in [-0.2, 0) is 19.7 Å². The van der Waals surface area contributed by atoms with Crippen molar-refractivity contribution in [3.05, 3.63) is 53.6 Å². The van der Waals surface area contributed by atoms with Gasteiger partial charge in [-0.3, -0.25) is 9.59 Å². The van der Waals surface area contributed by atoms with Gasteiger partial charge in [-0.1, -0.05) is 19.8 Å². The molecule has 0 fully saturated rings. The molecule has 0 unspecified atom stereocenters. The maximum Gasteiger partial charge on any atom is 0.255 e. The quantitative estimate of drug-likeness (QED) is 0.419. The van der Waals surface area contributed by atoms with Crippen molar-refractivity contribution < 1.29 is 31.2 Å². The average Bonchev–Trinajstić information content (AvgIpc) is 2.75. The Hall–Kier alpha value is -2.92. The molecule has 0 heterocycles. The lowest BCUT2D eigenvalue weighted by molar-refractivity contribution is 0.0954. The van der Waals surface area contributed by atoms with Gasteiger partial charge in [0.25, 0.3) is 11.8 Å². The molecule has 0 radical (unpaired) electrons. The summed E-state index contributed by atoms with van der Waals surface area (Å²) in [5.41, 5.74) is 0.304. The maximum absolute atomic E-state index is 12.8. The molecule has 34 heavy (non-hydrogen) atoms. The smallest absolute Gasteiger partial charge is 0.255 e. The Kier molecular flexibility index (Phi) is 9.63. The summed E-state index contributed by atoms with van der Waals surface area (Å²) in [5.74, 6) is -0.764. The summed E-state index contributed by atoms with van der Waals surface area (Å²) < 4.78 is 52.5. The van der Waals surface area contributed by atoms with Gasteiger partial charge >= 0.3 is 0 Å². The molecule has 9 nitrogen and oxygen atoms in total. The second kappa shape index (κ2) is 12.0. The topological polar surface area (TPSA) is 136 Å². The Bertz CT molecular complexity index is 1220. The van der Waals surface area contributed by atoms with Gasteiger partial charge in [-0.25, -0.2) is 16.8 Å². The van der Waals surface area contributed by atoms with E-state index in [1.165, 1.54) is 18.2 Å². The fourth-order valence-electron chi connectivity index (χ4n) is 2.98. The molecular weight excluding hydrogens is 480 g/mol. The van der Waals surface area contributed by atoms with Crippen LogP contribution in [0.4, 0.5) is 5.69 Å². The molecule has 0 aliphatic heterocycles. The van der Waals surface area contributed by atoms with Crippen LogP contribution in [0.3, 0.4) is 0 Å². The first kappa shape index (κ1) is 27.3. The van der Waals surface area contributed by atoms with E-state index in [9.17, 15) is 26.4 Å². The molecule has 0 aliphatic rings. The molecule has 2 aromatic rings. The van der Waals surface area contributed by atoms with Crippen LogP contribution >= 0.6 is 0 Å². The number of carbonyl (C=O) groups excluding carboxylic acids is 2. The second-order valence-corrected chi connectivity index (χ2v) is 12.1. The van der Waals surface area contributed by atoms with Gasteiger partial charge in [0.2, 0.25) is 0 Å². The number of hydrogen-bond donors (Lipinski definition) is 2. The number of unbranched alkanes of at least 4 members (excludes halogenated alkanes) is 2. The lowest BCUT2D eigenvalue weighted by Crippen LogP contribution is -2.29. The third kappa shape index (κ3) is 8.79. The molecule has 2 aromatic carbocycles. The summed E-state index contributed by atoms with van der Waals surface area (Å²) >= 11 is 0. The number of anilines is 1. The highest BCUT2D eigenvalue weighted by Gasteiger charge is 2.19. The number of ether oxygens (including phenoxy) is 1. The summed E-state index contributed by atoms with van der Waals surface area (Å²) in [5, 5.41) is 5.02. The molecule has 2 amide bonds. The molecule has 2 rings (SSSR count). The van der Waals surface area contributed by atoms with E-state index in [2.05, 4.69) is 17.6 Å². The van der Waals surface area contributed by atoms with Crippen molar-refractivity contribution in [3.63, 3.8) is 0 Å². The van der Waals surface area contributed by atoms with Crippen molar-refractivity contribution in [1.29, 1.82) is 0 Å². The van der Waals surface area contributed by atoms with Crippen molar-refractivity contribution in [1.82, 2.24) is 5.32 Å². The summed E-state index contributed by atoms with van der Waals surface area (Å²) in [6.07, 6.45) is 5.14. The molecule has 0 aromatic heterocycles. The van der Waals surface area contributed by atoms with Crippen molar-refractivity contribution >= 4 is 37.2 Å². The van der Waals surface area contributed by atoms with Crippen LogP contribution in [0.25, 0.3) is 0 Å². The Morgan fingerprint density at radius 1 is 0.882 bits per heavy atom. The molecule has 0 spiro atoms. The first-order valence-corrected chi connectivity index (χ1v) is 14.7. The second-order valence-electron chi connectivity index (χ2n) is 7.90. The van der Waals surface area contributed by atoms with Gasteiger partial charge < -0.3 is 15.4 Å². The number of carbonyl (C=O) groups is 2. The lowest BCUT2D eigenvalue weighted by atomic mass is 10.1. The van der Waals surface area contributed by atoms with E-state index < -0.39 is 31.5 Å². The largest absolute Gasteiger partial charge is 0.494 e. The van der Waals surface area contributed by atoms with Crippen molar-refractivity contribution in [2.24, 2.45) is 0 Å². The normalized spacial score (nSPS) is 11.6. The van der Waals surface area contributed by atoms with Gasteiger partial charge in [-0.2, -0.15) is 0 Å². The maximum atomic E-state index is 12.8. The molecule has 0 atom stereocenters. The van der Waals surface area contributed by atoms with E-state index in [-0.39, 0.29) is 34.0 Å². The zero-order valence-corrected chi connectivity index (χ0v) is 21.1. The third-order valence-corrected chi connectivity index (χ3v) is 6.88. The highest BCUT2D eigenvalue weighted by atomic mass is 32.2. The molecule has 11 heteroatoms. The van der Waals surface area contributed by atoms with E-state index in [4.69, 9.17) is 4.74 Å². The predicted molar refractivity (Wildman–Crippen MR) is 131 cm³/mol. The van der Waals surface area contributed by atoms with Crippen LogP contribution in [-0.4, -0.2) is 60.1 Å². The number of amides is 2. The minimum atomic E-state index is -3.71. The number of rotatable bonds is 12. The fourth-order valence-corrected chi connectivity index (χ4v) is 4.28. The highest BCUT2D eigenvalue weighted by molar-refractivity contribution is 7.91. The standard InChI is InChI=1S/C23H30N2O7S2/c1-4-5-6-14-32-19-10-7-17(8-11-19)23(27)25-20-16-18(9-12-21(20)34(3,30)31)22(26)24-13-15-33(2,28)29/h7-12,16H,4-6,13-15H2,1-3H3,(H,24,26)(H,25,27). The minimum absolute atomic E-state index is 0.0526. The van der Waals surface area contributed by atoms with Gasteiger partial charge in [0.1, 0.15) is 15.6 Å². The van der Waals surface area contributed by atoms with Gasteiger partial charge in [0, 0.05) is 30.2 Å². The number of nitrogens with one attached hydrogen (secondary N) is 2. The number of sulfone groups is 2. The highest BCUT2D eigenvalue weighted by Crippen LogP contribution is 2.24. The fraction of sp³-hybridized carbons (Fsp3) is 0.391. The summed E-state index contributed by atoms with van der Waals surface area (Å²) in [6.45, 7) is 2.58. The monoisotopic (exact) mass is 510 g/mol. The van der Waals surface area contributed by atoms with Gasteiger partial charge in [0.15, 0.2) is 9.84 Å². The van der Waals surface area contributed by atoms with Crippen LogP contribution in [0.2, 0.25) is 0 Å². The first-order valence-electron chi connectivity index (χ1n) is 10.7. The molecule has 0 aliphatic carbocycles. The molecule has 186 valence electrons. The van der Waals surface area contributed by atoms with E-state index >= 15 is 0 Å². The van der Waals surface area contributed by atoms with E-state index in [0.717, 1.165) is 31.8 Å². The third-order valence-electron chi connectivity index (χ3n) is 4.78. The Morgan fingerprint density at radius 2 is 1.53 bits per heavy atom. The lowest BCUT2D eigenvalue weighted by Gasteiger charge is -2.13. The van der Waals surface area contributed by atoms with Gasteiger partial charge in [-0.15, -0.1) is 0 Å². The van der Waals surface area contributed by atoms with Crippen molar-refractivity contribution in [2.45, 2.75) is 31.1 Å². The van der Waals surface area contributed by atoms with Crippen LogP contribution in [0.5, 0.6) is 5.75 Å². The van der Waals surface area contributed by atoms with Crippen LogP contribution < -0.4 is 15.4 Å². The average molecular weight is 511 g/mol. The summed E-state index contributed by atoms with van der Waals surface area (Å²) in [7, 11) is -6.96. The SMILES string of the molecule is CCCCCOc1ccc(C(=O)Nc2cc(C(=O)NCCS(C)(=O)=O)ccc2S(C)(=O)=O)cc1. The molecular formula is C23H30N2O7S2. The molecule has 0 saturated heterocycles. The number of hydrogen-bond acceptors (Lipinski definition) is 7. The zero-order chi connectivity index (χ0) is 25.4. The minimum Gasteiger partial charge on any atom is -0.494 e. The van der Waals surface area contributed by atoms with Crippen LogP contribution in [0.1, 0.15) is 46.9 Å². The summed E-state index contributed by atoms with van der Waals surface area (Å²) in [4.78, 5) is 25.0. The van der Waals surface area contributed by atoms with E-state index in [0.29, 0.717) is 12.4 Å². The molecule has 0 bridgehead atoms. The van der Waals surface area contributed by atoms with Crippen molar-refractivity contribution in [3.8, 4) is 5.75 Å². The first-order chi connectivity index (χ1) is 15.9. The number of benzene rings is 2. The molecule has 2 N–H and O–H groups in total. The van der Waals surface area contributed by atoms with Gasteiger partial charge in [0.05, 0.1) is 22.9 Å². The van der Waals surface area contributed by atoms with E-state index in [1.807, 2.05) is 0 Å². The Balaban J connectivity index is 2.17. The Morgan fingerprint density at radius 3 is 2.12 bits per heavy atom. The summed E-state index contributed by atoms with van der Waals surface area (Å²) in [6, 6.07) is 10.2. The van der Waals surface area contributed by atoms with Crippen LogP contribution in [0.15, 0.2) is 47.4 Å². The van der Waals surface area contributed by atoms with Gasteiger partial charge in [-0.05, 0) is 48.9 Å². The zero-order valence-electron chi connectivity index (χ0n) is 19.5. The van der Waals surface area contributed by atoms with Crippen molar-refractivity contribution in [2.75, 3.05) is 36.7 Å². The predicted octanol–water partition coefficient (Wildman–Crippen LogP) is 2.69. The Labute approximate surface area is 200 Å². The van der Waals surface area contributed by atoms with E-state index in [1.54, 1.807) is 24.3 Å². The molecule has 0 saturated carbocycles. The van der Waals surface area contributed by atoms with Crippen LogP contribution in [0, 0.1) is 0 Å².